The first-order valence-electron chi connectivity index (χ1n) is 6.49. The van der Waals surface area contributed by atoms with Gasteiger partial charge in [-0.2, -0.15) is 5.10 Å². The summed E-state index contributed by atoms with van der Waals surface area (Å²) in [4.78, 5) is 12.0. The van der Waals surface area contributed by atoms with Gasteiger partial charge in [-0.1, -0.05) is 44.2 Å². The minimum absolute atomic E-state index is 0.151. The third-order valence-corrected chi connectivity index (χ3v) is 3.04. The molecule has 4 nitrogen and oxygen atoms in total. The minimum Gasteiger partial charge on any atom is -0.379 e. The summed E-state index contributed by atoms with van der Waals surface area (Å²) in [5.41, 5.74) is 0.116. The van der Waals surface area contributed by atoms with Crippen LogP contribution in [-0.2, 0) is 6.54 Å². The van der Waals surface area contributed by atoms with E-state index in [1.807, 2.05) is 0 Å². The van der Waals surface area contributed by atoms with E-state index in [4.69, 9.17) is 18.0 Å². The number of terminal acetylenes is 1. The first-order chi connectivity index (χ1) is 9.06. The quantitative estimate of drug-likeness (QED) is 0.617. The number of aromatic nitrogens is 2. The molecule has 0 fully saturated rings. The maximum absolute atomic E-state index is 12.0. The Morgan fingerprint density at radius 1 is 1.53 bits per heavy atom. The average molecular weight is 282 g/mol. The molecule has 0 radical (unpaired) electrons. The van der Waals surface area contributed by atoms with Gasteiger partial charge in [-0.15, -0.1) is 6.42 Å². The first-order valence-corrected chi connectivity index (χ1v) is 6.87. The van der Waals surface area contributed by atoms with Crippen LogP contribution in [0.15, 0.2) is 11.0 Å². The van der Waals surface area contributed by atoms with E-state index in [0.29, 0.717) is 16.6 Å². The lowest BCUT2D eigenvalue weighted by Gasteiger charge is -2.09. The monoisotopic (exact) mass is 281 g/mol. The summed E-state index contributed by atoms with van der Waals surface area (Å²) in [5.74, 6) is 3.10. The van der Waals surface area contributed by atoms with Gasteiger partial charge in [0.2, 0.25) is 0 Å². The van der Waals surface area contributed by atoms with E-state index < -0.39 is 0 Å². The molecule has 0 aromatic carbocycles. The fraction of sp³-hybridized carbons (Fsp3) is 0.571. The number of rotatable bonds is 7. The standard InChI is InChI=1S/C14H20ClN3O/c1-4-9-18-14(19)13(12(15)10-17-18)16-8-6-5-7-11(2)3/h1,10-11,16H,5-9H2,2-3H3. The lowest BCUT2D eigenvalue weighted by atomic mass is 10.1. The third-order valence-electron chi connectivity index (χ3n) is 2.75. The lowest BCUT2D eigenvalue weighted by Crippen LogP contribution is -2.26. The summed E-state index contributed by atoms with van der Waals surface area (Å²) in [6.07, 6.45) is 9.95. The predicted octanol–water partition coefficient (Wildman–Crippen LogP) is 2.77. The van der Waals surface area contributed by atoms with Gasteiger partial charge in [0.25, 0.3) is 5.56 Å². The van der Waals surface area contributed by atoms with Crippen molar-refractivity contribution in [3.63, 3.8) is 0 Å². The average Bonchev–Trinajstić information content (AvgIpc) is 2.36. The largest absolute Gasteiger partial charge is 0.379 e. The molecule has 0 spiro atoms. The van der Waals surface area contributed by atoms with Crippen LogP contribution in [0.25, 0.3) is 0 Å². The smallest absolute Gasteiger partial charge is 0.292 e. The van der Waals surface area contributed by atoms with Crippen LogP contribution in [0, 0.1) is 18.3 Å². The van der Waals surface area contributed by atoms with Crippen LogP contribution in [0.4, 0.5) is 5.69 Å². The van der Waals surface area contributed by atoms with Gasteiger partial charge in [0.15, 0.2) is 0 Å². The van der Waals surface area contributed by atoms with Crippen LogP contribution in [0.1, 0.15) is 33.1 Å². The number of nitrogens with zero attached hydrogens (tertiary/aromatic N) is 2. The van der Waals surface area contributed by atoms with Gasteiger partial charge in [0.05, 0.1) is 11.2 Å². The Balaban J connectivity index is 2.60. The van der Waals surface area contributed by atoms with Crippen LogP contribution in [0.5, 0.6) is 0 Å². The summed E-state index contributed by atoms with van der Waals surface area (Å²) in [7, 11) is 0. The molecule has 1 N–H and O–H groups in total. The van der Waals surface area contributed by atoms with E-state index in [1.165, 1.54) is 17.3 Å². The normalized spacial score (nSPS) is 10.5. The molecule has 0 bridgehead atoms. The molecule has 1 aromatic rings. The number of unbranched alkanes of at least 4 members (excludes halogenated alkanes) is 1. The van der Waals surface area contributed by atoms with Gasteiger partial charge in [-0.05, 0) is 12.3 Å². The molecule has 0 aliphatic rings. The van der Waals surface area contributed by atoms with Crippen molar-refractivity contribution in [3.05, 3.63) is 21.6 Å². The molecule has 0 aliphatic heterocycles. The van der Waals surface area contributed by atoms with Gasteiger partial charge in [0.1, 0.15) is 12.2 Å². The summed E-state index contributed by atoms with van der Waals surface area (Å²) >= 11 is 5.97. The van der Waals surface area contributed by atoms with Gasteiger partial charge >= 0.3 is 0 Å². The maximum Gasteiger partial charge on any atom is 0.292 e. The Morgan fingerprint density at radius 2 is 2.26 bits per heavy atom. The number of halogens is 1. The Kier molecular flexibility index (Phi) is 6.44. The zero-order valence-corrected chi connectivity index (χ0v) is 12.2. The van der Waals surface area contributed by atoms with Crippen molar-refractivity contribution >= 4 is 17.3 Å². The molecule has 0 amide bonds. The van der Waals surface area contributed by atoms with Crippen LogP contribution >= 0.6 is 11.6 Å². The van der Waals surface area contributed by atoms with Crippen molar-refractivity contribution in [2.45, 2.75) is 39.7 Å². The van der Waals surface area contributed by atoms with Crippen molar-refractivity contribution in [3.8, 4) is 12.3 Å². The van der Waals surface area contributed by atoms with Crippen molar-refractivity contribution in [2.24, 2.45) is 5.92 Å². The molecule has 0 saturated heterocycles. The maximum atomic E-state index is 12.0. The fourth-order valence-electron chi connectivity index (χ4n) is 1.72. The van der Waals surface area contributed by atoms with Gasteiger partial charge in [-0.25, -0.2) is 4.68 Å². The molecule has 0 saturated carbocycles. The van der Waals surface area contributed by atoms with Crippen LogP contribution in [0.3, 0.4) is 0 Å². The first kappa shape index (κ1) is 15.6. The molecule has 1 aromatic heterocycles. The van der Waals surface area contributed by atoms with E-state index in [2.05, 4.69) is 30.2 Å². The molecular weight excluding hydrogens is 262 g/mol. The molecule has 1 heterocycles. The SMILES string of the molecule is C#CCn1ncc(Cl)c(NCCCCC(C)C)c1=O. The van der Waals surface area contributed by atoms with Crippen molar-refractivity contribution in [1.29, 1.82) is 0 Å². The Morgan fingerprint density at radius 3 is 2.89 bits per heavy atom. The Hall–Kier alpha value is -1.47. The second kappa shape index (κ2) is 7.85. The number of nitrogens with one attached hydrogen (secondary N) is 1. The topological polar surface area (TPSA) is 46.9 Å². The minimum atomic E-state index is -0.269. The summed E-state index contributed by atoms with van der Waals surface area (Å²) in [6.45, 7) is 5.27. The molecular formula is C14H20ClN3O. The lowest BCUT2D eigenvalue weighted by molar-refractivity contribution is 0.544. The highest BCUT2D eigenvalue weighted by molar-refractivity contribution is 6.32. The summed E-state index contributed by atoms with van der Waals surface area (Å²) in [5, 5.41) is 7.30. The van der Waals surface area contributed by atoms with Crippen molar-refractivity contribution in [1.82, 2.24) is 9.78 Å². The van der Waals surface area contributed by atoms with Crippen LogP contribution in [-0.4, -0.2) is 16.3 Å². The highest BCUT2D eigenvalue weighted by Gasteiger charge is 2.08. The number of hydrogen-bond donors (Lipinski definition) is 1. The second-order valence-electron chi connectivity index (χ2n) is 4.85. The number of hydrogen-bond acceptors (Lipinski definition) is 3. The van der Waals surface area contributed by atoms with Gasteiger partial charge in [-0.3, -0.25) is 4.79 Å². The molecule has 0 atom stereocenters. The van der Waals surface area contributed by atoms with Crippen LogP contribution < -0.4 is 10.9 Å². The van der Waals surface area contributed by atoms with E-state index in [-0.39, 0.29) is 12.1 Å². The molecule has 0 unspecified atom stereocenters. The summed E-state index contributed by atoms with van der Waals surface area (Å²) < 4.78 is 1.22. The van der Waals surface area contributed by atoms with Gasteiger partial charge in [0, 0.05) is 6.54 Å². The van der Waals surface area contributed by atoms with E-state index in [9.17, 15) is 4.79 Å². The van der Waals surface area contributed by atoms with E-state index >= 15 is 0 Å². The zero-order valence-electron chi connectivity index (χ0n) is 11.4. The van der Waals surface area contributed by atoms with Crippen molar-refractivity contribution < 1.29 is 0 Å². The van der Waals surface area contributed by atoms with E-state index in [1.54, 1.807) is 0 Å². The van der Waals surface area contributed by atoms with Crippen LogP contribution in [0.2, 0.25) is 5.02 Å². The van der Waals surface area contributed by atoms with Gasteiger partial charge < -0.3 is 5.32 Å². The Labute approximate surface area is 119 Å². The summed E-state index contributed by atoms with van der Waals surface area (Å²) in [6, 6.07) is 0. The molecule has 104 valence electrons. The van der Waals surface area contributed by atoms with Crippen molar-refractivity contribution in [2.75, 3.05) is 11.9 Å². The molecule has 0 aliphatic carbocycles. The molecule has 1 rings (SSSR count). The highest BCUT2D eigenvalue weighted by atomic mass is 35.5. The number of anilines is 1. The van der Waals surface area contributed by atoms with E-state index in [0.717, 1.165) is 19.4 Å². The molecule has 5 heteroatoms. The fourth-order valence-corrected chi connectivity index (χ4v) is 1.91. The zero-order chi connectivity index (χ0) is 14.3. The Bertz CT molecular complexity index is 502. The third kappa shape index (κ3) is 4.96. The second-order valence-corrected chi connectivity index (χ2v) is 5.26. The highest BCUT2D eigenvalue weighted by Crippen LogP contribution is 2.15. The predicted molar refractivity (Wildman–Crippen MR) is 79.5 cm³/mol. The molecule has 19 heavy (non-hydrogen) atoms.